The first kappa shape index (κ1) is 26.5. The molecular weight excluding hydrogens is 578 g/mol. The lowest BCUT2D eigenvalue weighted by Gasteiger charge is -2.30. The van der Waals surface area contributed by atoms with E-state index in [-0.39, 0.29) is 51.1 Å². The van der Waals surface area contributed by atoms with Crippen molar-refractivity contribution in [3.63, 3.8) is 0 Å². The summed E-state index contributed by atoms with van der Waals surface area (Å²) in [5, 5.41) is 16.4. The summed E-state index contributed by atoms with van der Waals surface area (Å²) in [6, 6.07) is 12.7. The van der Waals surface area contributed by atoms with E-state index in [9.17, 15) is 14.9 Å². The van der Waals surface area contributed by atoms with E-state index in [4.69, 9.17) is 26.8 Å². The van der Waals surface area contributed by atoms with Crippen LogP contribution in [0.3, 0.4) is 0 Å². The first-order valence-corrected chi connectivity index (χ1v) is 14.5. The van der Waals surface area contributed by atoms with Gasteiger partial charge < -0.3 is 25.8 Å². The van der Waals surface area contributed by atoms with Gasteiger partial charge in [-0.2, -0.15) is 5.26 Å². The Labute approximate surface area is 249 Å². The third-order valence-corrected chi connectivity index (χ3v) is 9.02. The van der Waals surface area contributed by atoms with E-state index in [0.717, 1.165) is 49.4 Å². The predicted molar refractivity (Wildman–Crippen MR) is 160 cm³/mol. The van der Waals surface area contributed by atoms with Crippen molar-refractivity contribution in [2.75, 3.05) is 35.4 Å². The van der Waals surface area contributed by atoms with Gasteiger partial charge in [0.15, 0.2) is 11.5 Å². The number of ether oxygens (including phenoxy) is 2. The Morgan fingerprint density at radius 1 is 1.19 bits per heavy atom. The standard InChI is InChI=1S/C29H24ClN7O4S/c30-19-5-6-20-25(41-14-40-20)24(19)37-23-16(11-31)12-33-28-21(23)22(35-29(37)39)26(42-28)27(38)34-18-3-1-15(2-4-18)13-36-9-7-17(32)8-10-36/h1-6,12,17H,7-10,13-14,32H2,(H,34,38)(H,35,39). The van der Waals surface area contributed by atoms with Gasteiger partial charge in [0.2, 0.25) is 6.79 Å². The zero-order chi connectivity index (χ0) is 29.0. The summed E-state index contributed by atoms with van der Waals surface area (Å²) >= 11 is 7.68. The van der Waals surface area contributed by atoms with Crippen LogP contribution in [0.4, 0.5) is 27.5 Å². The molecule has 7 rings (SSSR count). The Hall–Kier alpha value is -4.41. The average molecular weight is 602 g/mol. The maximum absolute atomic E-state index is 13.7. The summed E-state index contributed by atoms with van der Waals surface area (Å²) in [4.78, 5) is 36.0. The van der Waals surface area contributed by atoms with Crippen LogP contribution in [0.25, 0.3) is 10.2 Å². The lowest BCUT2D eigenvalue weighted by molar-refractivity contribution is 0.103. The second kappa shape index (κ2) is 10.5. The number of nitriles is 1. The van der Waals surface area contributed by atoms with Crippen molar-refractivity contribution in [3.05, 3.63) is 63.6 Å². The average Bonchev–Trinajstić information content (AvgIpc) is 3.62. The van der Waals surface area contributed by atoms with Gasteiger partial charge in [-0.15, -0.1) is 11.3 Å². The molecule has 0 spiro atoms. The first-order chi connectivity index (χ1) is 20.4. The number of rotatable bonds is 5. The molecule has 42 heavy (non-hydrogen) atoms. The topological polar surface area (TPSA) is 146 Å². The Bertz CT molecular complexity index is 1790. The number of likely N-dealkylation sites (tertiary alicyclic amines) is 1. The SMILES string of the molecule is N#Cc1cnc2sc(C(=O)Nc3ccc(CN4CCC(N)CC4)cc3)c3c2c1N(c1c(Cl)ccc2c1OCO2)C(=O)N3. The molecule has 0 radical (unpaired) electrons. The number of urea groups is 1. The highest BCUT2D eigenvalue weighted by molar-refractivity contribution is 7.21. The van der Waals surface area contributed by atoms with E-state index in [1.165, 1.54) is 11.1 Å². The molecule has 1 saturated heterocycles. The monoisotopic (exact) mass is 601 g/mol. The van der Waals surface area contributed by atoms with E-state index in [0.29, 0.717) is 21.7 Å². The quantitative estimate of drug-likeness (QED) is 0.275. The fourth-order valence-corrected chi connectivity index (χ4v) is 6.74. The molecule has 11 nitrogen and oxygen atoms in total. The number of piperidine rings is 1. The van der Waals surface area contributed by atoms with Crippen molar-refractivity contribution in [1.29, 1.82) is 5.26 Å². The van der Waals surface area contributed by atoms with Crippen molar-refractivity contribution >= 4 is 67.8 Å². The van der Waals surface area contributed by atoms with Gasteiger partial charge in [0.25, 0.3) is 5.91 Å². The van der Waals surface area contributed by atoms with Gasteiger partial charge in [-0.3, -0.25) is 14.6 Å². The van der Waals surface area contributed by atoms with E-state index >= 15 is 0 Å². The highest BCUT2D eigenvalue weighted by Crippen LogP contribution is 2.53. The zero-order valence-electron chi connectivity index (χ0n) is 22.1. The molecule has 3 aliphatic rings. The van der Waals surface area contributed by atoms with Crippen LogP contribution in [0.5, 0.6) is 11.5 Å². The van der Waals surface area contributed by atoms with Crippen molar-refractivity contribution in [1.82, 2.24) is 9.88 Å². The number of hydrogen-bond acceptors (Lipinski definition) is 9. The summed E-state index contributed by atoms with van der Waals surface area (Å²) in [6.45, 7) is 2.74. The van der Waals surface area contributed by atoms with Crippen LogP contribution >= 0.6 is 22.9 Å². The molecule has 0 aliphatic carbocycles. The van der Waals surface area contributed by atoms with Crippen LogP contribution in [-0.4, -0.2) is 47.7 Å². The number of nitrogens with two attached hydrogens (primary N) is 1. The molecule has 2 aromatic heterocycles. The minimum Gasteiger partial charge on any atom is -0.454 e. The number of nitrogens with zero attached hydrogens (tertiary/aromatic N) is 4. The van der Waals surface area contributed by atoms with Crippen LogP contribution in [0, 0.1) is 11.3 Å². The van der Waals surface area contributed by atoms with Gasteiger partial charge in [0, 0.05) is 24.5 Å². The molecule has 0 atom stereocenters. The second-order valence-corrected chi connectivity index (χ2v) is 11.7. The number of pyridine rings is 1. The molecule has 0 saturated carbocycles. The third-order valence-electron chi connectivity index (χ3n) is 7.62. The summed E-state index contributed by atoms with van der Waals surface area (Å²) in [5.41, 5.74) is 8.72. The molecule has 0 unspecified atom stereocenters. The zero-order valence-corrected chi connectivity index (χ0v) is 23.7. The van der Waals surface area contributed by atoms with Crippen molar-refractivity contribution in [2.24, 2.45) is 5.73 Å². The van der Waals surface area contributed by atoms with E-state index < -0.39 is 11.9 Å². The minimum atomic E-state index is -0.604. The normalized spacial score (nSPS) is 16.4. The van der Waals surface area contributed by atoms with Crippen molar-refractivity contribution in [2.45, 2.75) is 25.4 Å². The minimum absolute atomic E-state index is 0.0308. The third kappa shape index (κ3) is 4.47. The summed E-state index contributed by atoms with van der Waals surface area (Å²) < 4.78 is 11.1. The second-order valence-electron chi connectivity index (χ2n) is 10.3. The number of anilines is 4. The summed E-state index contributed by atoms with van der Waals surface area (Å²) in [5.74, 6) is 0.308. The maximum atomic E-state index is 13.7. The van der Waals surface area contributed by atoms with E-state index in [1.54, 1.807) is 12.1 Å². The van der Waals surface area contributed by atoms with Crippen molar-refractivity contribution < 1.29 is 19.1 Å². The number of amides is 3. The summed E-state index contributed by atoms with van der Waals surface area (Å²) in [6.07, 6.45) is 3.37. The van der Waals surface area contributed by atoms with Crippen LogP contribution in [0.2, 0.25) is 5.02 Å². The predicted octanol–water partition coefficient (Wildman–Crippen LogP) is 5.41. The Morgan fingerprint density at radius 2 is 1.98 bits per heavy atom. The highest BCUT2D eigenvalue weighted by Gasteiger charge is 2.38. The molecular formula is C29H24ClN7O4S. The molecule has 4 aromatic rings. The number of thiophene rings is 1. The molecule has 1 fully saturated rings. The lowest BCUT2D eigenvalue weighted by atomic mass is 10.1. The molecule has 3 aliphatic heterocycles. The van der Waals surface area contributed by atoms with Crippen LogP contribution < -0.4 is 30.7 Å². The number of halogens is 1. The number of hydrogen-bond donors (Lipinski definition) is 3. The van der Waals surface area contributed by atoms with Gasteiger partial charge in [-0.25, -0.2) is 9.78 Å². The molecule has 3 amide bonds. The summed E-state index contributed by atoms with van der Waals surface area (Å²) in [7, 11) is 0. The number of carbonyl (C=O) groups excluding carboxylic acids is 2. The van der Waals surface area contributed by atoms with Gasteiger partial charge in [-0.1, -0.05) is 23.7 Å². The van der Waals surface area contributed by atoms with Gasteiger partial charge in [0.05, 0.1) is 27.3 Å². The van der Waals surface area contributed by atoms with Crippen molar-refractivity contribution in [3.8, 4) is 17.6 Å². The van der Waals surface area contributed by atoms with Gasteiger partial charge in [-0.05, 0) is 55.8 Å². The first-order valence-electron chi connectivity index (χ1n) is 13.3. The molecule has 5 heterocycles. The molecule has 4 N–H and O–H groups in total. The fourth-order valence-electron chi connectivity index (χ4n) is 5.51. The Balaban J connectivity index is 1.21. The number of nitrogens with one attached hydrogen (secondary N) is 2. The largest absolute Gasteiger partial charge is 0.454 e. The molecule has 0 bridgehead atoms. The van der Waals surface area contributed by atoms with E-state index in [1.807, 2.05) is 24.3 Å². The Kier molecular flexibility index (Phi) is 6.59. The van der Waals surface area contributed by atoms with Gasteiger partial charge >= 0.3 is 6.03 Å². The van der Waals surface area contributed by atoms with Crippen LogP contribution in [0.15, 0.2) is 42.6 Å². The van der Waals surface area contributed by atoms with E-state index in [2.05, 4.69) is 26.6 Å². The highest BCUT2D eigenvalue weighted by atomic mass is 35.5. The smallest absolute Gasteiger partial charge is 0.331 e. The molecule has 13 heteroatoms. The van der Waals surface area contributed by atoms with Gasteiger partial charge in [0.1, 0.15) is 21.5 Å². The van der Waals surface area contributed by atoms with Crippen LogP contribution in [-0.2, 0) is 6.54 Å². The lowest BCUT2D eigenvalue weighted by Crippen LogP contribution is -2.39. The number of benzene rings is 2. The number of fused-ring (bicyclic) bond motifs is 1. The number of aromatic nitrogens is 1. The molecule has 212 valence electrons. The Morgan fingerprint density at radius 3 is 2.74 bits per heavy atom. The molecule has 2 aromatic carbocycles. The fraction of sp³-hybridized carbons (Fsp3) is 0.241. The van der Waals surface area contributed by atoms with Crippen LogP contribution in [0.1, 0.15) is 33.6 Å². The maximum Gasteiger partial charge on any atom is 0.331 e. The number of carbonyl (C=O) groups is 2.